The van der Waals surface area contributed by atoms with Gasteiger partial charge in [0, 0.05) is 29.2 Å². The quantitative estimate of drug-likeness (QED) is 0.576. The Morgan fingerprint density at radius 3 is 2.67 bits per heavy atom. The van der Waals surface area contributed by atoms with Crippen LogP contribution in [0.5, 0.6) is 0 Å². The van der Waals surface area contributed by atoms with E-state index in [1.165, 1.54) is 0 Å². The number of hydrogen-bond acceptors (Lipinski definition) is 2. The molecule has 0 atom stereocenters. The van der Waals surface area contributed by atoms with Crippen molar-refractivity contribution in [1.29, 1.82) is 0 Å². The topological polar surface area (TPSA) is 58.9 Å². The summed E-state index contributed by atoms with van der Waals surface area (Å²) in [5.41, 5.74) is 8.66. The number of ketones is 1. The highest BCUT2D eigenvalue weighted by atomic mass is 16.1. The molecule has 0 radical (unpaired) electrons. The van der Waals surface area contributed by atoms with Gasteiger partial charge in [-0.15, -0.1) is 0 Å². The number of aromatic amines is 1. The van der Waals surface area contributed by atoms with Crippen LogP contribution in [-0.2, 0) is 0 Å². The molecule has 3 N–H and O–H groups in total. The van der Waals surface area contributed by atoms with E-state index in [1.807, 2.05) is 13.0 Å². The number of rotatable bonds is 2. The van der Waals surface area contributed by atoms with Crippen molar-refractivity contribution in [3.63, 3.8) is 0 Å². The van der Waals surface area contributed by atoms with Gasteiger partial charge in [0.15, 0.2) is 5.78 Å². The zero-order chi connectivity index (χ0) is 10.8. The third kappa shape index (κ3) is 1.76. The molecule has 0 saturated heterocycles. The summed E-state index contributed by atoms with van der Waals surface area (Å²) in [4.78, 5) is 14.7. The molecule has 1 aromatic carbocycles. The highest BCUT2D eigenvalue weighted by Gasteiger charge is 2.09. The number of aryl methyl sites for hydroxylation is 1. The van der Waals surface area contributed by atoms with Gasteiger partial charge in [-0.2, -0.15) is 0 Å². The predicted molar refractivity (Wildman–Crippen MR) is 59.8 cm³/mol. The second kappa shape index (κ2) is 3.61. The Labute approximate surface area is 87.9 Å². The molecule has 76 valence electrons. The third-order valence-electron chi connectivity index (χ3n) is 2.40. The fourth-order valence-electron chi connectivity index (χ4n) is 1.41. The van der Waals surface area contributed by atoms with Crippen LogP contribution in [0.3, 0.4) is 0 Å². The lowest BCUT2D eigenvalue weighted by molar-refractivity contribution is 0.103. The van der Waals surface area contributed by atoms with E-state index in [4.69, 9.17) is 5.73 Å². The first-order valence-electron chi connectivity index (χ1n) is 4.72. The van der Waals surface area contributed by atoms with Crippen LogP contribution in [0.2, 0.25) is 0 Å². The summed E-state index contributed by atoms with van der Waals surface area (Å²) in [5, 5.41) is 0. The first-order chi connectivity index (χ1) is 7.18. The van der Waals surface area contributed by atoms with Crippen molar-refractivity contribution in [2.45, 2.75) is 6.92 Å². The van der Waals surface area contributed by atoms with Gasteiger partial charge in [0.2, 0.25) is 0 Å². The third-order valence-corrected chi connectivity index (χ3v) is 2.40. The summed E-state index contributed by atoms with van der Waals surface area (Å²) >= 11 is 0. The van der Waals surface area contributed by atoms with E-state index in [0.29, 0.717) is 16.8 Å². The molecule has 0 saturated carbocycles. The second-order valence-electron chi connectivity index (χ2n) is 3.50. The molecule has 0 fully saturated rings. The van der Waals surface area contributed by atoms with Crippen LogP contribution in [0.4, 0.5) is 5.69 Å². The van der Waals surface area contributed by atoms with Gasteiger partial charge in [-0.1, -0.05) is 12.1 Å². The van der Waals surface area contributed by atoms with Crippen molar-refractivity contribution in [3.05, 3.63) is 53.3 Å². The number of carbonyl (C=O) groups excluding carboxylic acids is 1. The molecule has 0 spiro atoms. The molecule has 0 aliphatic rings. The molecule has 15 heavy (non-hydrogen) atoms. The van der Waals surface area contributed by atoms with E-state index < -0.39 is 0 Å². The van der Waals surface area contributed by atoms with Gasteiger partial charge in [-0.3, -0.25) is 4.79 Å². The maximum atomic E-state index is 11.9. The summed E-state index contributed by atoms with van der Waals surface area (Å²) < 4.78 is 0. The molecule has 2 rings (SSSR count). The Bertz CT molecular complexity index is 486. The maximum absolute atomic E-state index is 11.9. The Kier molecular flexibility index (Phi) is 2.29. The van der Waals surface area contributed by atoms with E-state index in [-0.39, 0.29) is 5.78 Å². The molecule has 0 amide bonds. The fourth-order valence-corrected chi connectivity index (χ4v) is 1.41. The average molecular weight is 200 g/mol. The number of nitrogens with one attached hydrogen (secondary N) is 1. The molecular weight excluding hydrogens is 188 g/mol. The predicted octanol–water partition coefficient (Wildman–Crippen LogP) is 2.14. The van der Waals surface area contributed by atoms with Crippen molar-refractivity contribution in [2.75, 3.05) is 5.73 Å². The van der Waals surface area contributed by atoms with Crippen molar-refractivity contribution in [1.82, 2.24) is 4.98 Å². The average Bonchev–Trinajstić information content (AvgIpc) is 2.74. The Balaban J connectivity index is 2.39. The largest absolute Gasteiger partial charge is 0.398 e. The SMILES string of the molecule is Cc1ccc(C(=O)c2cc[nH]c2)cc1N. The first kappa shape index (κ1) is 9.52. The molecular formula is C12H12N2O. The molecule has 3 heteroatoms. The van der Waals surface area contributed by atoms with E-state index >= 15 is 0 Å². The molecule has 0 unspecified atom stereocenters. The molecule has 0 aliphatic carbocycles. The highest BCUT2D eigenvalue weighted by Crippen LogP contribution is 2.16. The monoisotopic (exact) mass is 200 g/mol. The highest BCUT2D eigenvalue weighted by molar-refractivity contribution is 6.09. The summed E-state index contributed by atoms with van der Waals surface area (Å²) in [6.45, 7) is 1.92. The molecule has 0 bridgehead atoms. The smallest absolute Gasteiger partial charge is 0.194 e. The minimum Gasteiger partial charge on any atom is -0.398 e. The van der Waals surface area contributed by atoms with Gasteiger partial charge < -0.3 is 10.7 Å². The fraction of sp³-hybridized carbons (Fsp3) is 0.0833. The lowest BCUT2D eigenvalue weighted by Crippen LogP contribution is -2.01. The normalized spacial score (nSPS) is 10.2. The number of aromatic nitrogens is 1. The number of benzene rings is 1. The molecule has 0 aliphatic heterocycles. The Morgan fingerprint density at radius 2 is 2.07 bits per heavy atom. The molecule has 1 heterocycles. The summed E-state index contributed by atoms with van der Waals surface area (Å²) in [6.07, 6.45) is 3.41. The zero-order valence-corrected chi connectivity index (χ0v) is 8.45. The van der Waals surface area contributed by atoms with Gasteiger partial charge in [0.05, 0.1) is 0 Å². The lowest BCUT2D eigenvalue weighted by Gasteiger charge is -2.02. The van der Waals surface area contributed by atoms with Gasteiger partial charge >= 0.3 is 0 Å². The van der Waals surface area contributed by atoms with Gasteiger partial charge in [0.1, 0.15) is 0 Å². The molecule has 2 aromatic rings. The number of nitrogens with two attached hydrogens (primary N) is 1. The maximum Gasteiger partial charge on any atom is 0.194 e. The Morgan fingerprint density at radius 1 is 1.27 bits per heavy atom. The first-order valence-corrected chi connectivity index (χ1v) is 4.72. The van der Waals surface area contributed by atoms with Crippen molar-refractivity contribution in [2.24, 2.45) is 0 Å². The van der Waals surface area contributed by atoms with Gasteiger partial charge in [0.25, 0.3) is 0 Å². The van der Waals surface area contributed by atoms with Gasteiger partial charge in [-0.25, -0.2) is 0 Å². The minimum atomic E-state index is -0.0112. The van der Waals surface area contributed by atoms with Crippen LogP contribution in [0, 0.1) is 6.92 Å². The number of nitrogen functional groups attached to an aromatic ring is 1. The zero-order valence-electron chi connectivity index (χ0n) is 8.45. The van der Waals surface area contributed by atoms with Gasteiger partial charge in [-0.05, 0) is 24.6 Å². The van der Waals surface area contributed by atoms with E-state index in [2.05, 4.69) is 4.98 Å². The number of hydrogen-bond donors (Lipinski definition) is 2. The number of H-pyrrole nitrogens is 1. The van der Waals surface area contributed by atoms with Crippen molar-refractivity contribution in [3.8, 4) is 0 Å². The minimum absolute atomic E-state index is 0.0112. The van der Waals surface area contributed by atoms with Crippen molar-refractivity contribution < 1.29 is 4.79 Å². The van der Waals surface area contributed by atoms with Crippen LogP contribution in [0.15, 0.2) is 36.7 Å². The lowest BCUT2D eigenvalue weighted by atomic mass is 10.0. The van der Waals surface area contributed by atoms with Crippen LogP contribution in [0.25, 0.3) is 0 Å². The molecule has 3 nitrogen and oxygen atoms in total. The van der Waals surface area contributed by atoms with E-state index in [9.17, 15) is 4.79 Å². The summed E-state index contributed by atoms with van der Waals surface area (Å²) in [5.74, 6) is -0.0112. The van der Waals surface area contributed by atoms with E-state index in [0.717, 1.165) is 5.56 Å². The summed E-state index contributed by atoms with van der Waals surface area (Å²) in [7, 11) is 0. The van der Waals surface area contributed by atoms with Crippen LogP contribution in [0.1, 0.15) is 21.5 Å². The second-order valence-corrected chi connectivity index (χ2v) is 3.50. The van der Waals surface area contributed by atoms with Crippen LogP contribution < -0.4 is 5.73 Å². The number of carbonyl (C=O) groups is 1. The van der Waals surface area contributed by atoms with Crippen LogP contribution in [-0.4, -0.2) is 10.8 Å². The number of anilines is 1. The standard InChI is InChI=1S/C12H12N2O/c1-8-2-3-9(6-11(8)13)12(15)10-4-5-14-7-10/h2-7,14H,13H2,1H3. The Hall–Kier alpha value is -2.03. The molecule has 1 aromatic heterocycles. The van der Waals surface area contributed by atoms with E-state index in [1.54, 1.807) is 30.6 Å². The van der Waals surface area contributed by atoms with Crippen LogP contribution >= 0.6 is 0 Å². The van der Waals surface area contributed by atoms with Crippen molar-refractivity contribution >= 4 is 11.5 Å². The summed E-state index contributed by atoms with van der Waals surface area (Å²) in [6, 6.07) is 7.11.